The third kappa shape index (κ3) is 3.88. The summed E-state index contributed by atoms with van der Waals surface area (Å²) in [6.45, 7) is 5.50. The van der Waals surface area contributed by atoms with E-state index in [1.807, 2.05) is 0 Å². The van der Waals surface area contributed by atoms with Crippen molar-refractivity contribution in [1.82, 2.24) is 0 Å². The fraction of sp³-hybridized carbons (Fsp3) is 1.00. The summed E-state index contributed by atoms with van der Waals surface area (Å²) in [5, 5.41) is 0. The fourth-order valence-electron chi connectivity index (χ4n) is 13.6. The van der Waals surface area contributed by atoms with Gasteiger partial charge in [-0.2, -0.15) is 0 Å². The molecule has 13 unspecified atom stereocenters. The zero-order valence-corrected chi connectivity index (χ0v) is 23.7. The van der Waals surface area contributed by atoms with E-state index in [9.17, 15) is 0 Å². The Morgan fingerprint density at radius 1 is 0.514 bits per heavy atom. The number of hydrogen-bond acceptors (Lipinski definition) is 0. The van der Waals surface area contributed by atoms with Gasteiger partial charge in [-0.15, -0.1) is 0 Å². The summed E-state index contributed by atoms with van der Waals surface area (Å²) in [6.07, 6.45) is 28.6. The zero-order valence-electron chi connectivity index (χ0n) is 23.7. The molecule has 1 heteroatoms. The molecule has 7 rings (SSSR count). The van der Waals surface area contributed by atoms with Crippen molar-refractivity contribution in [3.05, 3.63) is 0 Å². The molecular formula is C34H57B. The molecule has 0 amide bonds. The first-order chi connectivity index (χ1) is 17.1. The highest BCUT2D eigenvalue weighted by Gasteiger charge is 2.59. The van der Waals surface area contributed by atoms with Gasteiger partial charge in [-0.05, 0) is 153 Å². The van der Waals surface area contributed by atoms with Crippen LogP contribution in [-0.4, -0.2) is 7.85 Å². The van der Waals surface area contributed by atoms with E-state index in [-0.39, 0.29) is 0 Å². The highest BCUT2D eigenvalue weighted by molar-refractivity contribution is 6.08. The van der Waals surface area contributed by atoms with E-state index < -0.39 is 0 Å². The minimum absolute atomic E-state index is 0.616. The molecule has 0 saturated heterocycles. The van der Waals surface area contributed by atoms with Gasteiger partial charge < -0.3 is 0 Å². The average molecular weight is 477 g/mol. The fourth-order valence-corrected chi connectivity index (χ4v) is 13.6. The molecule has 0 aliphatic heterocycles. The molecule has 0 aromatic heterocycles. The SMILES string of the molecule is BCC1CCC2C3CCC(C4CC5CCC6CCCCC6C5C5CCCCC45)CC3C(C)(C)C2C1. The molecule has 13 atom stereocenters. The summed E-state index contributed by atoms with van der Waals surface area (Å²) in [5.74, 6) is 14.4. The smallest absolute Gasteiger partial charge is 0.0783 e. The van der Waals surface area contributed by atoms with Gasteiger partial charge >= 0.3 is 0 Å². The van der Waals surface area contributed by atoms with Gasteiger partial charge in [0.15, 0.2) is 0 Å². The Balaban J connectivity index is 1.12. The Kier molecular flexibility index (Phi) is 6.46. The summed E-state index contributed by atoms with van der Waals surface area (Å²) >= 11 is 0. The van der Waals surface area contributed by atoms with Gasteiger partial charge in [0, 0.05) is 0 Å². The topological polar surface area (TPSA) is 0 Å². The third-order valence-electron chi connectivity index (χ3n) is 15.0. The Bertz CT molecular complexity index is 756. The molecule has 0 bridgehead atoms. The van der Waals surface area contributed by atoms with Crippen LogP contribution in [0.5, 0.6) is 0 Å². The summed E-state index contributed by atoms with van der Waals surface area (Å²) in [4.78, 5) is 0. The van der Waals surface area contributed by atoms with Crippen molar-refractivity contribution in [1.29, 1.82) is 0 Å². The van der Waals surface area contributed by atoms with E-state index in [4.69, 9.17) is 0 Å². The van der Waals surface area contributed by atoms with Crippen molar-refractivity contribution in [2.75, 3.05) is 0 Å². The van der Waals surface area contributed by atoms with Crippen LogP contribution in [0.1, 0.15) is 123 Å². The molecule has 196 valence electrons. The Labute approximate surface area is 219 Å². The third-order valence-corrected chi connectivity index (χ3v) is 15.0. The van der Waals surface area contributed by atoms with E-state index in [1.54, 1.807) is 109 Å². The quantitative estimate of drug-likeness (QED) is 0.349. The summed E-state index contributed by atoms with van der Waals surface area (Å²) in [5.41, 5.74) is 0.616. The van der Waals surface area contributed by atoms with Crippen LogP contribution < -0.4 is 0 Å². The maximum atomic E-state index is 2.75. The van der Waals surface area contributed by atoms with E-state index in [0.717, 1.165) is 76.9 Å². The highest BCUT2D eigenvalue weighted by atomic mass is 14.6. The van der Waals surface area contributed by atoms with Crippen molar-refractivity contribution in [2.24, 2.45) is 82.3 Å². The molecule has 0 N–H and O–H groups in total. The Morgan fingerprint density at radius 2 is 1.14 bits per heavy atom. The molecule has 0 radical (unpaired) electrons. The van der Waals surface area contributed by atoms with E-state index in [2.05, 4.69) is 21.7 Å². The van der Waals surface area contributed by atoms with Gasteiger partial charge in [0.2, 0.25) is 0 Å². The van der Waals surface area contributed by atoms with Gasteiger partial charge in [0.05, 0.1) is 0 Å². The van der Waals surface area contributed by atoms with Crippen molar-refractivity contribution < 1.29 is 0 Å². The number of hydrogen-bond donors (Lipinski definition) is 0. The molecule has 0 spiro atoms. The van der Waals surface area contributed by atoms with Crippen LogP contribution in [0.4, 0.5) is 0 Å². The first-order valence-electron chi connectivity index (χ1n) is 17.1. The molecule has 0 aromatic carbocycles. The second kappa shape index (κ2) is 9.36. The van der Waals surface area contributed by atoms with Crippen LogP contribution in [0.3, 0.4) is 0 Å². The predicted molar refractivity (Wildman–Crippen MR) is 151 cm³/mol. The van der Waals surface area contributed by atoms with Crippen LogP contribution in [-0.2, 0) is 0 Å². The van der Waals surface area contributed by atoms with Crippen LogP contribution in [0, 0.1) is 82.3 Å². The Morgan fingerprint density at radius 3 is 1.94 bits per heavy atom. The van der Waals surface area contributed by atoms with Crippen molar-refractivity contribution in [2.45, 2.75) is 129 Å². The van der Waals surface area contributed by atoms with Crippen LogP contribution >= 0.6 is 0 Å². The first kappa shape index (κ1) is 24.1. The molecule has 7 aliphatic rings. The lowest BCUT2D eigenvalue weighted by atomic mass is 9.46. The van der Waals surface area contributed by atoms with Crippen molar-refractivity contribution in [3.63, 3.8) is 0 Å². The molecule has 0 heterocycles. The lowest BCUT2D eigenvalue weighted by Gasteiger charge is -2.59. The van der Waals surface area contributed by atoms with Crippen molar-refractivity contribution >= 4 is 7.85 Å². The van der Waals surface area contributed by atoms with Crippen molar-refractivity contribution in [3.8, 4) is 0 Å². The first-order valence-corrected chi connectivity index (χ1v) is 17.1. The number of fused-ring (bicyclic) bond motifs is 8. The van der Waals surface area contributed by atoms with Gasteiger partial charge in [0.1, 0.15) is 7.85 Å². The van der Waals surface area contributed by atoms with Gasteiger partial charge in [-0.1, -0.05) is 58.7 Å². The van der Waals surface area contributed by atoms with Gasteiger partial charge in [0.25, 0.3) is 0 Å². The van der Waals surface area contributed by atoms with Crippen LogP contribution in [0.25, 0.3) is 0 Å². The maximum absolute atomic E-state index is 2.75. The Hall–Kier alpha value is 0.0649. The zero-order chi connectivity index (χ0) is 23.7. The lowest BCUT2D eigenvalue weighted by Crippen LogP contribution is -2.51. The maximum Gasteiger partial charge on any atom is 0.101 e. The molecular weight excluding hydrogens is 419 g/mol. The van der Waals surface area contributed by atoms with Crippen LogP contribution in [0.15, 0.2) is 0 Å². The van der Waals surface area contributed by atoms with Crippen LogP contribution in [0.2, 0.25) is 6.32 Å². The van der Waals surface area contributed by atoms with Gasteiger partial charge in [-0.3, -0.25) is 0 Å². The van der Waals surface area contributed by atoms with E-state index in [0.29, 0.717) is 5.41 Å². The molecule has 0 nitrogen and oxygen atoms in total. The summed E-state index contributed by atoms with van der Waals surface area (Å²) in [6, 6.07) is 0. The minimum Gasteiger partial charge on any atom is -0.0783 e. The lowest BCUT2D eigenvalue weighted by molar-refractivity contribution is -0.0974. The standard InChI is InChI=1S/C34H57B/c1-34(2)31-17-21(20-35)11-15-27(31)28-16-14-23(19-32(28)34)30-18-24-13-12-22-7-3-4-8-25(22)33(24)29-10-6-5-9-26(29)30/h21-33H,3-20,35H2,1-2H3. The van der Waals surface area contributed by atoms with Gasteiger partial charge in [-0.25, -0.2) is 0 Å². The highest BCUT2D eigenvalue weighted by Crippen LogP contribution is 2.67. The summed E-state index contributed by atoms with van der Waals surface area (Å²) in [7, 11) is 2.47. The largest absolute Gasteiger partial charge is 0.101 e. The molecule has 7 aliphatic carbocycles. The molecule has 35 heavy (non-hydrogen) atoms. The summed E-state index contributed by atoms with van der Waals surface area (Å²) < 4.78 is 0. The monoisotopic (exact) mass is 476 g/mol. The molecule has 0 aromatic rings. The molecule has 7 fully saturated rings. The normalized spacial score (nSPS) is 55.1. The minimum atomic E-state index is 0.616. The van der Waals surface area contributed by atoms with E-state index >= 15 is 0 Å². The predicted octanol–water partition coefficient (Wildman–Crippen LogP) is 8.80. The second-order valence-corrected chi connectivity index (χ2v) is 16.2. The molecule has 7 saturated carbocycles. The average Bonchev–Trinajstić information content (AvgIpc) is 3.13. The number of rotatable bonds is 2. The second-order valence-electron chi connectivity index (χ2n) is 16.2. The van der Waals surface area contributed by atoms with E-state index in [1.165, 1.54) is 6.32 Å².